The van der Waals surface area contributed by atoms with Gasteiger partial charge in [0.25, 0.3) is 0 Å². The molecule has 2 aromatic heterocycles. The largest absolute Gasteiger partial charge is 0.466 e. The summed E-state index contributed by atoms with van der Waals surface area (Å²) < 4.78 is 12.0. The molecule has 2 aromatic rings. The van der Waals surface area contributed by atoms with Crippen LogP contribution >= 0.6 is 11.3 Å². The summed E-state index contributed by atoms with van der Waals surface area (Å²) in [5.74, 6) is -0.872. The van der Waals surface area contributed by atoms with E-state index in [-0.39, 0.29) is 13.0 Å². The van der Waals surface area contributed by atoms with Gasteiger partial charge in [-0.1, -0.05) is 0 Å². The fourth-order valence-electron chi connectivity index (χ4n) is 2.29. The van der Waals surface area contributed by atoms with E-state index in [4.69, 9.17) is 9.47 Å². The van der Waals surface area contributed by atoms with Crippen LogP contribution in [0.4, 0.5) is 0 Å². The van der Waals surface area contributed by atoms with Gasteiger partial charge in [-0.3, -0.25) is 9.48 Å². The normalized spacial score (nSPS) is 13.8. The first-order chi connectivity index (χ1) is 11.6. The zero-order valence-electron chi connectivity index (χ0n) is 13.7. The van der Waals surface area contributed by atoms with Crippen LogP contribution in [-0.2, 0) is 20.7 Å². The summed E-state index contributed by atoms with van der Waals surface area (Å²) in [5.41, 5.74) is 1.23. The number of hydrogen-bond donors (Lipinski definition) is 0. The molecule has 0 aliphatic heterocycles. The Bertz CT molecular complexity index is 748. The molecule has 128 valence electrons. The monoisotopic (exact) mass is 349 g/mol. The molecular weight excluding hydrogens is 330 g/mol. The van der Waals surface area contributed by atoms with Crippen LogP contribution in [0.1, 0.15) is 48.1 Å². The third-order valence-electron chi connectivity index (χ3n) is 3.54. The highest BCUT2D eigenvalue weighted by atomic mass is 32.1. The molecule has 7 nitrogen and oxygen atoms in total. The minimum absolute atomic E-state index is 0.0464. The van der Waals surface area contributed by atoms with Gasteiger partial charge in [0.05, 0.1) is 37.6 Å². The second-order valence-electron chi connectivity index (χ2n) is 5.44. The first-order valence-corrected chi connectivity index (χ1v) is 8.81. The lowest BCUT2D eigenvalue weighted by Gasteiger charge is -2.02. The van der Waals surface area contributed by atoms with Gasteiger partial charge in [0.2, 0.25) is 0 Å². The van der Waals surface area contributed by atoms with Crippen LogP contribution in [0.5, 0.6) is 0 Å². The molecule has 8 heteroatoms. The van der Waals surface area contributed by atoms with Gasteiger partial charge in [-0.25, -0.2) is 9.78 Å². The van der Waals surface area contributed by atoms with Crippen molar-refractivity contribution in [1.82, 2.24) is 14.8 Å². The van der Waals surface area contributed by atoms with E-state index in [1.165, 1.54) is 11.3 Å². The number of hydrogen-bond acceptors (Lipinski definition) is 7. The molecule has 24 heavy (non-hydrogen) atoms. The smallest absolute Gasteiger partial charge is 0.350 e. The number of nitrogens with zero attached hydrogens (tertiary/aromatic N) is 3. The molecule has 0 radical (unpaired) electrons. The van der Waals surface area contributed by atoms with E-state index < -0.39 is 11.9 Å². The van der Waals surface area contributed by atoms with Crippen molar-refractivity contribution < 1.29 is 19.1 Å². The summed E-state index contributed by atoms with van der Waals surface area (Å²) in [6, 6.07) is 0.474. The summed E-state index contributed by atoms with van der Waals surface area (Å²) in [4.78, 5) is 28.7. The average molecular weight is 349 g/mol. The summed E-state index contributed by atoms with van der Waals surface area (Å²) in [5, 5.41) is 5.00. The molecule has 0 amide bonds. The summed E-state index contributed by atoms with van der Waals surface area (Å²) in [6.07, 6.45) is 5.90. The van der Waals surface area contributed by atoms with E-state index in [1.54, 1.807) is 20.0 Å². The van der Waals surface area contributed by atoms with E-state index in [0.717, 1.165) is 18.4 Å². The third kappa shape index (κ3) is 3.64. The number of aromatic nitrogens is 3. The standard InChI is InChI=1S/C16H19N3O4S/c1-3-22-13(20)7-12-14(16(21)23-4-2)24-15(18-12)10-8-17-19(9-10)11-5-6-11/h8-9,11H,3-7H2,1-2H3. The van der Waals surface area contributed by atoms with Crippen molar-refractivity contribution in [2.24, 2.45) is 0 Å². The zero-order chi connectivity index (χ0) is 17.1. The molecule has 0 spiro atoms. The zero-order valence-corrected chi connectivity index (χ0v) is 14.5. The van der Waals surface area contributed by atoms with Gasteiger partial charge in [-0.15, -0.1) is 11.3 Å². The molecule has 1 aliphatic rings. The van der Waals surface area contributed by atoms with Crippen molar-refractivity contribution in [1.29, 1.82) is 0 Å². The van der Waals surface area contributed by atoms with Gasteiger partial charge in [0, 0.05) is 11.8 Å². The van der Waals surface area contributed by atoms with Gasteiger partial charge >= 0.3 is 11.9 Å². The minimum atomic E-state index is -0.463. The van der Waals surface area contributed by atoms with Crippen LogP contribution in [0.15, 0.2) is 12.4 Å². The molecule has 0 bridgehead atoms. The number of esters is 2. The second kappa shape index (κ2) is 7.12. The van der Waals surface area contributed by atoms with Crippen molar-refractivity contribution in [3.63, 3.8) is 0 Å². The quantitative estimate of drug-likeness (QED) is 0.715. The molecule has 0 N–H and O–H groups in total. The molecule has 0 atom stereocenters. The Morgan fingerprint density at radius 1 is 1.29 bits per heavy atom. The predicted molar refractivity (Wildman–Crippen MR) is 87.9 cm³/mol. The van der Waals surface area contributed by atoms with Gasteiger partial charge in [-0.05, 0) is 26.7 Å². The highest BCUT2D eigenvalue weighted by Crippen LogP contribution is 2.36. The van der Waals surface area contributed by atoms with Crippen LogP contribution < -0.4 is 0 Å². The molecule has 2 heterocycles. The van der Waals surface area contributed by atoms with Crippen molar-refractivity contribution in [3.8, 4) is 10.6 Å². The minimum Gasteiger partial charge on any atom is -0.466 e. The Morgan fingerprint density at radius 3 is 2.71 bits per heavy atom. The Kier molecular flexibility index (Phi) is 4.94. The lowest BCUT2D eigenvalue weighted by atomic mass is 10.2. The molecule has 3 rings (SSSR count). The Morgan fingerprint density at radius 2 is 2.04 bits per heavy atom. The molecule has 0 aromatic carbocycles. The number of carbonyl (C=O) groups is 2. The summed E-state index contributed by atoms with van der Waals surface area (Å²) in [6.45, 7) is 4.04. The molecule has 1 saturated carbocycles. The third-order valence-corrected chi connectivity index (χ3v) is 4.67. The van der Waals surface area contributed by atoms with Gasteiger partial charge in [0.1, 0.15) is 9.88 Å². The number of rotatable bonds is 7. The van der Waals surface area contributed by atoms with Crippen molar-refractivity contribution in [3.05, 3.63) is 23.0 Å². The van der Waals surface area contributed by atoms with Crippen molar-refractivity contribution >= 4 is 23.3 Å². The fourth-order valence-corrected chi connectivity index (χ4v) is 3.24. The maximum Gasteiger partial charge on any atom is 0.350 e. The second-order valence-corrected chi connectivity index (χ2v) is 6.44. The molecule has 0 saturated heterocycles. The maximum atomic E-state index is 12.1. The Balaban J connectivity index is 1.88. The van der Waals surface area contributed by atoms with Crippen molar-refractivity contribution in [2.45, 2.75) is 39.2 Å². The highest BCUT2D eigenvalue weighted by molar-refractivity contribution is 7.17. The van der Waals surface area contributed by atoms with Crippen LogP contribution in [0.25, 0.3) is 10.6 Å². The van der Waals surface area contributed by atoms with Crippen LogP contribution in [0.3, 0.4) is 0 Å². The van der Waals surface area contributed by atoms with E-state index in [0.29, 0.717) is 28.2 Å². The predicted octanol–water partition coefficient (Wildman–Crippen LogP) is 2.62. The van der Waals surface area contributed by atoms with Crippen molar-refractivity contribution in [2.75, 3.05) is 13.2 Å². The molecule has 0 unspecified atom stereocenters. The van der Waals surface area contributed by atoms with E-state index in [9.17, 15) is 9.59 Å². The van der Waals surface area contributed by atoms with E-state index >= 15 is 0 Å². The number of carbonyl (C=O) groups excluding carboxylic acids is 2. The van der Waals surface area contributed by atoms with Crippen LogP contribution in [0.2, 0.25) is 0 Å². The first-order valence-electron chi connectivity index (χ1n) is 7.99. The van der Waals surface area contributed by atoms with E-state index in [2.05, 4.69) is 10.1 Å². The summed E-state index contributed by atoms with van der Waals surface area (Å²) in [7, 11) is 0. The topological polar surface area (TPSA) is 83.3 Å². The lowest BCUT2D eigenvalue weighted by molar-refractivity contribution is -0.142. The van der Waals surface area contributed by atoms with Crippen LogP contribution in [0, 0.1) is 0 Å². The SMILES string of the molecule is CCOC(=O)Cc1nc(-c2cnn(C3CC3)c2)sc1C(=O)OCC. The fraction of sp³-hybridized carbons (Fsp3) is 0.500. The van der Waals surface area contributed by atoms with Gasteiger partial charge < -0.3 is 9.47 Å². The summed E-state index contributed by atoms with van der Waals surface area (Å²) >= 11 is 1.22. The van der Waals surface area contributed by atoms with E-state index in [1.807, 2.05) is 10.9 Å². The lowest BCUT2D eigenvalue weighted by Crippen LogP contribution is -2.12. The first kappa shape index (κ1) is 16.6. The molecule has 1 fully saturated rings. The van der Waals surface area contributed by atoms with Gasteiger partial charge in [0.15, 0.2) is 0 Å². The Hall–Kier alpha value is -2.22. The molecule has 1 aliphatic carbocycles. The maximum absolute atomic E-state index is 12.1. The highest BCUT2D eigenvalue weighted by Gasteiger charge is 2.26. The number of thiazole rings is 1. The average Bonchev–Trinajstić information content (AvgIpc) is 3.13. The Labute approximate surface area is 143 Å². The molecular formula is C16H19N3O4S. The number of ether oxygens (including phenoxy) is 2. The van der Waals surface area contributed by atoms with Gasteiger partial charge in [-0.2, -0.15) is 5.10 Å². The van der Waals surface area contributed by atoms with Crippen LogP contribution in [-0.4, -0.2) is 39.9 Å².